The lowest BCUT2D eigenvalue weighted by molar-refractivity contribution is -0.123. The molecule has 0 radical (unpaired) electrons. The first-order valence-corrected chi connectivity index (χ1v) is 9.43. The fourth-order valence-corrected chi connectivity index (χ4v) is 2.93. The normalized spacial score (nSPS) is 10.3. The zero-order chi connectivity index (χ0) is 22.4. The number of nitrogens with zero attached hydrogens (tertiary/aromatic N) is 2. The van der Waals surface area contributed by atoms with Crippen LogP contribution in [0.5, 0.6) is 0 Å². The fourth-order valence-electron chi connectivity index (χ4n) is 2.93. The summed E-state index contributed by atoms with van der Waals surface area (Å²) in [5.74, 6) is -2.62. The van der Waals surface area contributed by atoms with Crippen molar-refractivity contribution in [2.75, 3.05) is 18.6 Å². The minimum atomic E-state index is -0.841. The van der Waals surface area contributed by atoms with Gasteiger partial charge in [-0.05, 0) is 36.4 Å². The highest BCUT2D eigenvalue weighted by molar-refractivity contribution is 6.12. The first-order chi connectivity index (χ1) is 14.9. The minimum absolute atomic E-state index is 0.0249. The zero-order valence-corrected chi connectivity index (χ0v) is 17.1. The van der Waals surface area contributed by atoms with E-state index >= 15 is 0 Å². The van der Waals surface area contributed by atoms with Gasteiger partial charge in [-0.3, -0.25) is 19.7 Å². The van der Waals surface area contributed by atoms with Crippen molar-refractivity contribution in [1.29, 1.82) is 0 Å². The van der Waals surface area contributed by atoms with E-state index in [9.17, 15) is 19.2 Å². The number of imide groups is 1. The number of anilines is 1. The summed E-state index contributed by atoms with van der Waals surface area (Å²) >= 11 is 0. The molecule has 0 atom stereocenters. The number of amides is 3. The number of nitrogens with one attached hydrogen (secondary N) is 1. The van der Waals surface area contributed by atoms with E-state index in [0.717, 1.165) is 0 Å². The van der Waals surface area contributed by atoms with Crippen molar-refractivity contribution >= 4 is 29.4 Å². The third-order valence-corrected chi connectivity index (χ3v) is 4.59. The van der Waals surface area contributed by atoms with Crippen LogP contribution in [0.4, 0.5) is 5.69 Å². The van der Waals surface area contributed by atoms with E-state index in [0.29, 0.717) is 11.4 Å². The number of para-hydroxylation sites is 1. The van der Waals surface area contributed by atoms with Gasteiger partial charge in [-0.25, -0.2) is 4.79 Å². The molecular formula is C23H21N3O5. The second kappa shape index (κ2) is 9.53. The predicted molar refractivity (Wildman–Crippen MR) is 114 cm³/mol. The average molecular weight is 419 g/mol. The third-order valence-electron chi connectivity index (χ3n) is 4.59. The molecule has 3 amide bonds. The van der Waals surface area contributed by atoms with Crippen LogP contribution in [0, 0.1) is 0 Å². The lowest BCUT2D eigenvalue weighted by Gasteiger charge is -2.18. The molecule has 3 rings (SSSR count). The molecule has 8 nitrogen and oxygen atoms in total. The monoisotopic (exact) mass is 419 g/mol. The Hall–Kier alpha value is -4.20. The maximum absolute atomic E-state index is 12.9. The number of rotatable bonds is 6. The summed E-state index contributed by atoms with van der Waals surface area (Å²) in [6.45, 7) is -0.661. The highest BCUT2D eigenvalue weighted by atomic mass is 16.5. The van der Waals surface area contributed by atoms with Gasteiger partial charge in [0.25, 0.3) is 17.7 Å². The molecule has 0 aliphatic carbocycles. The Labute approximate surface area is 179 Å². The van der Waals surface area contributed by atoms with Gasteiger partial charge in [0, 0.05) is 26.0 Å². The summed E-state index contributed by atoms with van der Waals surface area (Å²) in [5, 5.41) is 2.16. The Kier molecular flexibility index (Phi) is 6.61. The van der Waals surface area contributed by atoms with Crippen LogP contribution in [0.15, 0.2) is 72.9 Å². The Balaban J connectivity index is 1.66. The molecule has 0 bridgehead atoms. The number of carbonyl (C=O) groups excluding carboxylic acids is 4. The Morgan fingerprint density at radius 2 is 1.55 bits per heavy atom. The molecule has 158 valence electrons. The maximum Gasteiger partial charge on any atom is 0.339 e. The zero-order valence-electron chi connectivity index (χ0n) is 17.1. The van der Waals surface area contributed by atoms with Gasteiger partial charge in [-0.15, -0.1) is 0 Å². The number of hydrogen-bond acceptors (Lipinski definition) is 5. The number of benzene rings is 2. The molecule has 1 N–H and O–H groups in total. The van der Waals surface area contributed by atoms with E-state index in [4.69, 9.17) is 4.74 Å². The molecular weight excluding hydrogens is 398 g/mol. The molecule has 0 saturated carbocycles. The number of aryl methyl sites for hydroxylation is 1. The molecule has 0 unspecified atom stereocenters. The Morgan fingerprint density at radius 1 is 0.903 bits per heavy atom. The Bertz CT molecular complexity index is 1120. The first kappa shape index (κ1) is 21.5. The van der Waals surface area contributed by atoms with Crippen LogP contribution in [-0.4, -0.2) is 41.9 Å². The van der Waals surface area contributed by atoms with Crippen molar-refractivity contribution in [3.05, 3.63) is 89.7 Å². The molecule has 0 fully saturated rings. The fraction of sp³-hybridized carbons (Fsp3) is 0.130. The second-order valence-electron chi connectivity index (χ2n) is 6.70. The summed E-state index contributed by atoms with van der Waals surface area (Å²) in [6.07, 6.45) is 1.67. The van der Waals surface area contributed by atoms with Crippen LogP contribution >= 0.6 is 0 Å². The number of aromatic nitrogens is 1. The van der Waals surface area contributed by atoms with Crippen molar-refractivity contribution in [1.82, 2.24) is 9.88 Å². The van der Waals surface area contributed by atoms with E-state index in [-0.39, 0.29) is 11.1 Å². The highest BCUT2D eigenvalue weighted by Crippen LogP contribution is 2.18. The molecule has 0 aliphatic heterocycles. The van der Waals surface area contributed by atoms with Gasteiger partial charge in [-0.2, -0.15) is 0 Å². The molecule has 3 aromatic rings. The smallest absolute Gasteiger partial charge is 0.339 e. The number of carbonyl (C=O) groups is 4. The van der Waals surface area contributed by atoms with E-state index < -0.39 is 30.3 Å². The molecule has 2 aromatic carbocycles. The molecule has 0 saturated heterocycles. The molecule has 8 heteroatoms. The Morgan fingerprint density at radius 3 is 2.19 bits per heavy atom. The first-order valence-electron chi connectivity index (χ1n) is 9.43. The topological polar surface area (TPSA) is 97.7 Å². The van der Waals surface area contributed by atoms with E-state index in [2.05, 4.69) is 5.32 Å². The summed E-state index contributed by atoms with van der Waals surface area (Å²) in [5.41, 5.74) is 1.12. The largest absolute Gasteiger partial charge is 0.452 e. The van der Waals surface area contributed by atoms with Crippen LogP contribution in [0.1, 0.15) is 31.2 Å². The maximum atomic E-state index is 12.9. The SMILES string of the molecule is CN(C(=O)c1ccccc1C(=O)OCC(=O)NC(=O)c1cccn1C)c1ccccc1. The number of hydrogen-bond donors (Lipinski definition) is 1. The third kappa shape index (κ3) is 5.05. The van der Waals surface area contributed by atoms with Crippen molar-refractivity contribution < 1.29 is 23.9 Å². The lowest BCUT2D eigenvalue weighted by Crippen LogP contribution is -2.35. The van der Waals surface area contributed by atoms with Crippen LogP contribution < -0.4 is 10.2 Å². The summed E-state index contributed by atoms with van der Waals surface area (Å²) in [4.78, 5) is 50.9. The molecule has 31 heavy (non-hydrogen) atoms. The minimum Gasteiger partial charge on any atom is -0.452 e. The van der Waals surface area contributed by atoms with Gasteiger partial charge >= 0.3 is 5.97 Å². The summed E-state index contributed by atoms with van der Waals surface area (Å²) in [6, 6.07) is 18.4. The van der Waals surface area contributed by atoms with Crippen molar-refractivity contribution in [2.24, 2.45) is 7.05 Å². The molecule has 0 spiro atoms. The van der Waals surface area contributed by atoms with Gasteiger partial charge < -0.3 is 14.2 Å². The van der Waals surface area contributed by atoms with E-state index in [1.54, 1.807) is 73.4 Å². The lowest BCUT2D eigenvalue weighted by atomic mass is 10.1. The molecule has 1 aromatic heterocycles. The predicted octanol–water partition coefficient (Wildman–Crippen LogP) is 2.42. The van der Waals surface area contributed by atoms with Crippen LogP contribution in [-0.2, 0) is 16.6 Å². The van der Waals surface area contributed by atoms with Gasteiger partial charge in [0.05, 0.1) is 11.1 Å². The van der Waals surface area contributed by atoms with Crippen molar-refractivity contribution in [2.45, 2.75) is 0 Å². The van der Waals surface area contributed by atoms with Crippen LogP contribution in [0.2, 0.25) is 0 Å². The standard InChI is InChI=1S/C23H21N3O5/c1-25-14-8-13-19(25)21(28)24-20(27)15-31-23(30)18-12-7-6-11-17(18)22(29)26(2)16-9-4-3-5-10-16/h3-14H,15H2,1-2H3,(H,24,27,28). The number of ether oxygens (including phenoxy) is 1. The number of esters is 1. The van der Waals surface area contributed by atoms with Gasteiger partial charge in [-0.1, -0.05) is 30.3 Å². The van der Waals surface area contributed by atoms with Crippen molar-refractivity contribution in [3.63, 3.8) is 0 Å². The van der Waals surface area contributed by atoms with E-state index in [1.807, 2.05) is 6.07 Å². The van der Waals surface area contributed by atoms with Gasteiger partial charge in [0.2, 0.25) is 0 Å². The quantitative estimate of drug-likeness (QED) is 0.619. The van der Waals surface area contributed by atoms with E-state index in [1.165, 1.54) is 17.0 Å². The molecule has 0 aliphatic rings. The summed E-state index contributed by atoms with van der Waals surface area (Å²) < 4.78 is 6.59. The second-order valence-corrected chi connectivity index (χ2v) is 6.70. The van der Waals surface area contributed by atoms with Gasteiger partial charge in [0.15, 0.2) is 6.61 Å². The summed E-state index contributed by atoms with van der Waals surface area (Å²) in [7, 11) is 3.27. The average Bonchev–Trinajstić information content (AvgIpc) is 3.23. The van der Waals surface area contributed by atoms with Gasteiger partial charge in [0.1, 0.15) is 5.69 Å². The highest BCUT2D eigenvalue weighted by Gasteiger charge is 2.22. The van der Waals surface area contributed by atoms with Crippen LogP contribution in [0.25, 0.3) is 0 Å². The molecule has 1 heterocycles. The van der Waals surface area contributed by atoms with Crippen molar-refractivity contribution in [3.8, 4) is 0 Å². The van der Waals surface area contributed by atoms with Crippen LogP contribution in [0.3, 0.4) is 0 Å².